The molecule has 4 aromatic rings. The van der Waals surface area contributed by atoms with Crippen LogP contribution in [0.25, 0.3) is 0 Å². The summed E-state index contributed by atoms with van der Waals surface area (Å²) in [6, 6.07) is 17.3. The van der Waals surface area contributed by atoms with E-state index in [1.807, 2.05) is 14.1 Å². The number of hydrogen-bond donors (Lipinski definition) is 6. The summed E-state index contributed by atoms with van der Waals surface area (Å²) >= 11 is 0. The number of aliphatic hydroxyl groups is 2. The van der Waals surface area contributed by atoms with Gasteiger partial charge in [-0.15, -0.1) is 0 Å². The van der Waals surface area contributed by atoms with E-state index in [4.69, 9.17) is 10.2 Å². The molecule has 0 atom stereocenters. The van der Waals surface area contributed by atoms with E-state index in [1.54, 1.807) is 46.2 Å². The van der Waals surface area contributed by atoms with Crippen LogP contribution in [-0.4, -0.2) is 130 Å². The molecule has 3 radical (unpaired) electrons. The number of carbonyl (C=O) groups is 4. The van der Waals surface area contributed by atoms with Crippen LogP contribution < -0.4 is 60.6 Å². The largest absolute Gasteiger partial charge is 1.00 e. The van der Waals surface area contributed by atoms with Gasteiger partial charge in [-0.2, -0.15) is 0 Å². The van der Waals surface area contributed by atoms with Crippen LogP contribution >= 0.6 is 0 Å². The second-order valence-corrected chi connectivity index (χ2v) is 17.3. The van der Waals surface area contributed by atoms with Gasteiger partial charge in [-0.05, 0) is 97.5 Å². The van der Waals surface area contributed by atoms with Crippen LogP contribution in [0.2, 0.25) is 0 Å². The Morgan fingerprint density at radius 3 is 1.32 bits per heavy atom. The summed E-state index contributed by atoms with van der Waals surface area (Å²) < 4.78 is 54.9. The molecule has 68 heavy (non-hydrogen) atoms. The van der Waals surface area contributed by atoms with E-state index in [2.05, 4.69) is 31.1 Å². The third kappa shape index (κ3) is 11.9. The maximum absolute atomic E-state index is 13.8. The van der Waals surface area contributed by atoms with Gasteiger partial charge in [0.25, 0.3) is 0 Å². The minimum absolute atomic E-state index is 0. The monoisotopic (exact) mass is 951 g/mol. The SMILES string of the molecule is CN1c2ccc(F)cc2C(=O)CC12CCN(C(=O)NCc1ccc(F)c(NCCO)c1)CC2.CN1c2ccc(F)cc2C(=O)CC12CCN(C(=O)NCc1ccc(F)c(NCCO)c1)CC2.[B].[H-].[Na+]. The molecule has 0 bridgehead atoms. The van der Waals surface area contributed by atoms with Gasteiger partial charge in [0.1, 0.15) is 23.3 Å². The van der Waals surface area contributed by atoms with Gasteiger partial charge in [-0.25, -0.2) is 27.2 Å². The number of anilines is 4. The number of Topliss-reactive ketones (excluding diaryl/α,β-unsaturated/α-hetero) is 2. The van der Waals surface area contributed by atoms with E-state index in [1.165, 1.54) is 36.4 Å². The number of ketones is 2. The first kappa shape index (κ1) is 53.6. The van der Waals surface area contributed by atoms with Crippen molar-refractivity contribution in [3.05, 3.63) is 118 Å². The predicted molar refractivity (Wildman–Crippen MR) is 250 cm³/mol. The maximum Gasteiger partial charge on any atom is 1.00 e. The van der Waals surface area contributed by atoms with E-state index >= 15 is 0 Å². The number of hydrogen-bond acceptors (Lipinski definition) is 10. The van der Waals surface area contributed by atoms with Crippen molar-refractivity contribution in [3.63, 3.8) is 0 Å². The number of amides is 4. The molecule has 8 rings (SSSR count). The third-order valence-corrected chi connectivity index (χ3v) is 13.4. The summed E-state index contributed by atoms with van der Waals surface area (Å²) in [5.41, 5.74) is 3.54. The molecule has 14 nitrogen and oxygen atoms in total. The van der Waals surface area contributed by atoms with E-state index in [9.17, 15) is 36.7 Å². The first-order valence-corrected chi connectivity index (χ1v) is 22.1. The van der Waals surface area contributed by atoms with Crippen LogP contribution in [0.1, 0.15) is 71.8 Å². The van der Waals surface area contributed by atoms with Crippen molar-refractivity contribution in [3.8, 4) is 0 Å². The van der Waals surface area contributed by atoms with Crippen molar-refractivity contribution in [2.45, 2.75) is 62.7 Å². The van der Waals surface area contributed by atoms with Crippen molar-refractivity contribution in [2.24, 2.45) is 0 Å². The Morgan fingerprint density at radius 2 is 0.971 bits per heavy atom. The predicted octanol–water partition coefficient (Wildman–Crippen LogP) is 3.01. The first-order chi connectivity index (χ1) is 31.7. The van der Waals surface area contributed by atoms with Crippen molar-refractivity contribution in [1.82, 2.24) is 20.4 Å². The summed E-state index contributed by atoms with van der Waals surface area (Å²) in [6.45, 7) is 2.70. The summed E-state index contributed by atoms with van der Waals surface area (Å²) in [5, 5.41) is 29.2. The zero-order chi connectivity index (χ0) is 47.2. The van der Waals surface area contributed by atoms with Gasteiger partial charge in [0.2, 0.25) is 0 Å². The molecule has 0 unspecified atom stereocenters. The van der Waals surface area contributed by atoms with Gasteiger partial charge in [0.15, 0.2) is 11.6 Å². The molecule has 2 spiro atoms. The molecule has 4 aliphatic rings. The van der Waals surface area contributed by atoms with Crippen LogP contribution in [0.15, 0.2) is 72.8 Å². The Bertz CT molecular complexity index is 2300. The number of aliphatic hydroxyl groups excluding tert-OH is 2. The van der Waals surface area contributed by atoms with E-state index in [-0.39, 0.29) is 125 Å². The van der Waals surface area contributed by atoms with Gasteiger partial charge < -0.3 is 52.5 Å². The van der Waals surface area contributed by atoms with Crippen LogP contribution in [-0.2, 0) is 13.1 Å². The van der Waals surface area contributed by atoms with Crippen molar-refractivity contribution < 1.29 is 77.9 Å². The molecule has 357 valence electrons. The summed E-state index contributed by atoms with van der Waals surface area (Å²) in [5.74, 6) is -1.82. The van der Waals surface area contributed by atoms with E-state index in [0.717, 1.165) is 22.5 Å². The Labute approximate surface area is 419 Å². The fourth-order valence-electron chi connectivity index (χ4n) is 9.46. The number of urea groups is 2. The van der Waals surface area contributed by atoms with Gasteiger partial charge in [0.05, 0.1) is 35.7 Å². The maximum atomic E-state index is 13.8. The second-order valence-electron chi connectivity index (χ2n) is 17.3. The van der Waals surface area contributed by atoms with Crippen molar-refractivity contribution in [1.29, 1.82) is 0 Å². The number of nitrogens with one attached hydrogen (secondary N) is 4. The topological polar surface area (TPSA) is 170 Å². The molecule has 4 aliphatic heterocycles. The number of likely N-dealkylation sites (tertiary alicyclic amines) is 2. The molecule has 4 aromatic carbocycles. The third-order valence-electron chi connectivity index (χ3n) is 13.4. The van der Waals surface area contributed by atoms with Gasteiger partial charge >= 0.3 is 41.6 Å². The average molecular weight is 952 g/mol. The van der Waals surface area contributed by atoms with Crippen LogP contribution in [0.3, 0.4) is 0 Å². The standard InChI is InChI=1S/2C24H28F2N4O3.B.Na.H/c2*1-29-21-5-3-17(25)13-18(21)22(32)14-24(29)6-9-30(10-7-24)23(33)28-15-16-2-4-19(26)20(12-16)27-8-11-31;;;/h2*2-5,12-13,27,31H,6-11,14-15H2,1H3,(H,28,33);;;/q;;;+1;-1. The van der Waals surface area contributed by atoms with E-state index < -0.39 is 23.3 Å². The van der Waals surface area contributed by atoms with Crippen LogP contribution in [0, 0.1) is 23.3 Å². The van der Waals surface area contributed by atoms with Crippen LogP contribution in [0.5, 0.6) is 0 Å². The molecule has 4 heterocycles. The average Bonchev–Trinajstić information content (AvgIpc) is 3.31. The molecular formula is C48H57BF4N8NaO6. The molecule has 20 heteroatoms. The van der Waals surface area contributed by atoms with Crippen molar-refractivity contribution >= 4 is 54.8 Å². The Hall–Kier alpha value is -5.34. The van der Waals surface area contributed by atoms with E-state index in [0.29, 0.717) is 75.8 Å². The molecule has 2 saturated heterocycles. The molecular weight excluding hydrogens is 894 g/mol. The van der Waals surface area contributed by atoms with Gasteiger partial charge in [-0.3, -0.25) is 9.59 Å². The molecule has 6 N–H and O–H groups in total. The Kier molecular flexibility index (Phi) is 18.4. The quantitative estimate of drug-likeness (QED) is 0.103. The smallest absolute Gasteiger partial charge is 1.00 e. The van der Waals surface area contributed by atoms with Crippen molar-refractivity contribution in [2.75, 3.05) is 87.0 Å². The fraction of sp³-hybridized carbons (Fsp3) is 0.417. The normalized spacial score (nSPS) is 16.6. The number of benzene rings is 4. The molecule has 0 saturated carbocycles. The number of halogens is 4. The van der Waals surface area contributed by atoms with Gasteiger partial charge in [-0.1, -0.05) is 12.1 Å². The minimum Gasteiger partial charge on any atom is -1.00 e. The fourth-order valence-corrected chi connectivity index (χ4v) is 9.46. The first-order valence-electron chi connectivity index (χ1n) is 22.1. The minimum atomic E-state index is -0.421. The number of nitrogens with zero attached hydrogens (tertiary/aromatic N) is 4. The number of piperidine rings is 2. The summed E-state index contributed by atoms with van der Waals surface area (Å²) in [6.07, 6.45) is 3.12. The summed E-state index contributed by atoms with van der Waals surface area (Å²) in [4.78, 5) is 58.4. The molecule has 2 fully saturated rings. The zero-order valence-electron chi connectivity index (χ0n) is 39.6. The number of rotatable bonds is 10. The molecule has 4 amide bonds. The molecule has 0 aromatic heterocycles. The Morgan fingerprint density at radius 1 is 0.603 bits per heavy atom. The van der Waals surface area contributed by atoms with Gasteiger partial charge in [0, 0.05) is 110 Å². The second kappa shape index (κ2) is 23.3. The molecule has 0 aliphatic carbocycles. The number of carbonyl (C=O) groups excluding carboxylic acids is 4. The summed E-state index contributed by atoms with van der Waals surface area (Å²) in [7, 11) is 3.85. The number of fused-ring (bicyclic) bond motifs is 2. The van der Waals surface area contributed by atoms with Crippen LogP contribution in [0.4, 0.5) is 49.9 Å². The zero-order valence-corrected chi connectivity index (χ0v) is 40.6. The Balaban J connectivity index is 0.000000288.